The quantitative estimate of drug-likeness (QED) is 0.299. The van der Waals surface area contributed by atoms with Crippen LogP contribution >= 0.6 is 0 Å². The number of fused-ring (bicyclic) bond motifs is 1. The van der Waals surface area contributed by atoms with Gasteiger partial charge in [0.25, 0.3) is 0 Å². The standard InChI is InChI=1S/C16H24N6O/c1-10(2)22-8-4-5-11(9-22)18-16-19-13-7-3-6-12(14(13)20-16)15(17)21-23/h3,6-7,10-11,23H,4-5,8-9H2,1-2H3,(H2,17,21)(H2,18,19,20). The Morgan fingerprint density at radius 1 is 1.52 bits per heavy atom. The van der Waals surface area contributed by atoms with Gasteiger partial charge < -0.3 is 21.2 Å². The molecule has 7 nitrogen and oxygen atoms in total. The predicted molar refractivity (Wildman–Crippen MR) is 92.0 cm³/mol. The first-order valence-electron chi connectivity index (χ1n) is 8.05. The van der Waals surface area contributed by atoms with Crippen molar-refractivity contribution in [3.05, 3.63) is 23.8 Å². The summed E-state index contributed by atoms with van der Waals surface area (Å²) >= 11 is 0. The molecule has 23 heavy (non-hydrogen) atoms. The van der Waals surface area contributed by atoms with Crippen LogP contribution < -0.4 is 11.1 Å². The van der Waals surface area contributed by atoms with Crippen LogP contribution in [0.2, 0.25) is 0 Å². The van der Waals surface area contributed by atoms with Crippen molar-refractivity contribution in [2.45, 2.75) is 38.8 Å². The largest absolute Gasteiger partial charge is 0.409 e. The van der Waals surface area contributed by atoms with Crippen LogP contribution in [-0.4, -0.2) is 51.1 Å². The summed E-state index contributed by atoms with van der Waals surface area (Å²) in [6.45, 7) is 6.63. The van der Waals surface area contributed by atoms with Crippen LogP contribution in [0.5, 0.6) is 0 Å². The zero-order valence-electron chi connectivity index (χ0n) is 13.6. The van der Waals surface area contributed by atoms with Crippen molar-refractivity contribution in [1.82, 2.24) is 14.9 Å². The molecule has 0 spiro atoms. The minimum atomic E-state index is 0.0782. The number of nitrogens with one attached hydrogen (secondary N) is 2. The molecule has 124 valence electrons. The lowest BCUT2D eigenvalue weighted by Gasteiger charge is -2.35. The normalized spacial score (nSPS) is 20.3. The SMILES string of the molecule is CC(C)N1CCCC(Nc2nc3cccc(C(N)=NO)c3[nH]2)C1. The molecule has 0 amide bonds. The van der Waals surface area contributed by atoms with Gasteiger partial charge in [0.15, 0.2) is 5.84 Å². The fourth-order valence-corrected chi connectivity index (χ4v) is 3.15. The van der Waals surface area contributed by atoms with E-state index >= 15 is 0 Å². The van der Waals surface area contributed by atoms with Crippen molar-refractivity contribution in [3.8, 4) is 0 Å². The predicted octanol–water partition coefficient (Wildman–Crippen LogP) is 1.94. The molecular formula is C16H24N6O. The van der Waals surface area contributed by atoms with Gasteiger partial charge in [-0.2, -0.15) is 0 Å². The van der Waals surface area contributed by atoms with Crippen molar-refractivity contribution in [2.75, 3.05) is 18.4 Å². The Labute approximate surface area is 135 Å². The van der Waals surface area contributed by atoms with E-state index in [1.807, 2.05) is 12.1 Å². The van der Waals surface area contributed by atoms with Gasteiger partial charge in [0.2, 0.25) is 5.95 Å². The van der Waals surface area contributed by atoms with E-state index in [4.69, 9.17) is 10.9 Å². The van der Waals surface area contributed by atoms with Crippen molar-refractivity contribution in [1.29, 1.82) is 0 Å². The molecule has 1 aliphatic rings. The van der Waals surface area contributed by atoms with E-state index in [-0.39, 0.29) is 5.84 Å². The van der Waals surface area contributed by atoms with Gasteiger partial charge in [-0.25, -0.2) is 4.98 Å². The molecule has 0 aliphatic carbocycles. The molecule has 1 aliphatic heterocycles. The summed E-state index contributed by atoms with van der Waals surface area (Å²) in [6.07, 6.45) is 2.32. The Hall–Kier alpha value is -2.28. The van der Waals surface area contributed by atoms with Gasteiger partial charge >= 0.3 is 0 Å². The van der Waals surface area contributed by atoms with Crippen LogP contribution in [0.1, 0.15) is 32.3 Å². The van der Waals surface area contributed by atoms with Crippen LogP contribution in [-0.2, 0) is 0 Å². The maximum Gasteiger partial charge on any atom is 0.201 e. The zero-order valence-corrected chi connectivity index (χ0v) is 13.6. The van der Waals surface area contributed by atoms with E-state index in [1.165, 1.54) is 6.42 Å². The lowest BCUT2D eigenvalue weighted by atomic mass is 10.0. The molecule has 1 aromatic heterocycles. The first-order chi connectivity index (χ1) is 11.1. The summed E-state index contributed by atoms with van der Waals surface area (Å²) in [5, 5.41) is 15.5. The van der Waals surface area contributed by atoms with E-state index in [1.54, 1.807) is 6.07 Å². The second-order valence-electron chi connectivity index (χ2n) is 6.34. The second kappa shape index (κ2) is 6.45. The number of H-pyrrole nitrogens is 1. The van der Waals surface area contributed by atoms with E-state index in [0.717, 1.165) is 36.5 Å². The van der Waals surface area contributed by atoms with Crippen molar-refractivity contribution >= 4 is 22.8 Å². The van der Waals surface area contributed by atoms with Gasteiger partial charge in [-0.3, -0.25) is 4.90 Å². The Bertz CT molecular complexity index is 708. The van der Waals surface area contributed by atoms with Gasteiger partial charge in [-0.1, -0.05) is 11.2 Å². The maximum atomic E-state index is 8.90. The van der Waals surface area contributed by atoms with Crippen molar-refractivity contribution in [2.24, 2.45) is 10.9 Å². The van der Waals surface area contributed by atoms with Crippen LogP contribution in [0.15, 0.2) is 23.4 Å². The van der Waals surface area contributed by atoms with Crippen molar-refractivity contribution < 1.29 is 5.21 Å². The molecule has 0 bridgehead atoms. The molecule has 1 atom stereocenters. The molecule has 0 radical (unpaired) electrons. The number of amidine groups is 1. The highest BCUT2D eigenvalue weighted by atomic mass is 16.4. The Balaban J connectivity index is 1.81. The lowest BCUT2D eigenvalue weighted by molar-refractivity contribution is 0.174. The second-order valence-corrected chi connectivity index (χ2v) is 6.34. The van der Waals surface area contributed by atoms with Gasteiger partial charge in [0.05, 0.1) is 11.0 Å². The van der Waals surface area contributed by atoms with Gasteiger partial charge in [0, 0.05) is 24.2 Å². The highest BCUT2D eigenvalue weighted by Crippen LogP contribution is 2.21. The average Bonchev–Trinajstić information content (AvgIpc) is 2.96. The number of nitrogens with two attached hydrogens (primary N) is 1. The number of hydrogen-bond acceptors (Lipinski definition) is 5. The molecule has 2 heterocycles. The molecule has 7 heteroatoms. The fraction of sp³-hybridized carbons (Fsp3) is 0.500. The number of aromatic amines is 1. The van der Waals surface area contributed by atoms with Gasteiger partial charge in [0.1, 0.15) is 0 Å². The van der Waals surface area contributed by atoms with Crippen LogP contribution in [0, 0.1) is 0 Å². The molecule has 5 N–H and O–H groups in total. The molecule has 1 saturated heterocycles. The number of oxime groups is 1. The zero-order chi connectivity index (χ0) is 16.4. The van der Waals surface area contributed by atoms with E-state index < -0.39 is 0 Å². The Morgan fingerprint density at radius 3 is 3.09 bits per heavy atom. The Morgan fingerprint density at radius 2 is 2.35 bits per heavy atom. The number of piperidine rings is 1. The summed E-state index contributed by atoms with van der Waals surface area (Å²) < 4.78 is 0. The van der Waals surface area contributed by atoms with E-state index in [0.29, 0.717) is 17.6 Å². The number of imidazole rings is 1. The third kappa shape index (κ3) is 3.24. The molecule has 0 saturated carbocycles. The minimum absolute atomic E-state index is 0.0782. The van der Waals surface area contributed by atoms with Crippen molar-refractivity contribution in [3.63, 3.8) is 0 Å². The van der Waals surface area contributed by atoms with Crippen LogP contribution in [0.25, 0.3) is 11.0 Å². The van der Waals surface area contributed by atoms with Crippen LogP contribution in [0.4, 0.5) is 5.95 Å². The third-order valence-corrected chi connectivity index (χ3v) is 4.43. The molecule has 3 rings (SSSR count). The van der Waals surface area contributed by atoms with Crippen LogP contribution in [0.3, 0.4) is 0 Å². The monoisotopic (exact) mass is 316 g/mol. The summed E-state index contributed by atoms with van der Waals surface area (Å²) in [7, 11) is 0. The van der Waals surface area contributed by atoms with Gasteiger partial charge in [-0.05, 0) is 45.4 Å². The molecule has 1 aromatic carbocycles. The highest BCUT2D eigenvalue weighted by Gasteiger charge is 2.22. The summed E-state index contributed by atoms with van der Waals surface area (Å²) in [5.41, 5.74) is 7.96. The molecular weight excluding hydrogens is 292 g/mol. The number of likely N-dealkylation sites (tertiary alicyclic amines) is 1. The lowest BCUT2D eigenvalue weighted by Crippen LogP contribution is -2.45. The topological polar surface area (TPSA) is 103 Å². The number of rotatable bonds is 4. The highest BCUT2D eigenvalue weighted by molar-refractivity contribution is 6.07. The number of anilines is 1. The fourth-order valence-electron chi connectivity index (χ4n) is 3.15. The summed E-state index contributed by atoms with van der Waals surface area (Å²) in [6, 6.07) is 6.50. The summed E-state index contributed by atoms with van der Waals surface area (Å²) in [5.74, 6) is 0.809. The first-order valence-corrected chi connectivity index (χ1v) is 8.05. The maximum absolute atomic E-state index is 8.90. The van der Waals surface area contributed by atoms with Gasteiger partial charge in [-0.15, -0.1) is 0 Å². The minimum Gasteiger partial charge on any atom is -0.409 e. The number of para-hydroxylation sites is 1. The molecule has 2 aromatic rings. The number of nitrogens with zero attached hydrogens (tertiary/aromatic N) is 3. The number of aromatic nitrogens is 2. The van der Waals surface area contributed by atoms with E-state index in [2.05, 4.69) is 39.2 Å². The Kier molecular flexibility index (Phi) is 4.38. The smallest absolute Gasteiger partial charge is 0.201 e. The first kappa shape index (κ1) is 15.6. The molecule has 1 fully saturated rings. The third-order valence-electron chi connectivity index (χ3n) is 4.43. The number of benzene rings is 1. The number of hydrogen-bond donors (Lipinski definition) is 4. The average molecular weight is 316 g/mol. The molecule has 1 unspecified atom stereocenters. The summed E-state index contributed by atoms with van der Waals surface area (Å²) in [4.78, 5) is 10.3. The van der Waals surface area contributed by atoms with E-state index in [9.17, 15) is 0 Å².